The van der Waals surface area contributed by atoms with E-state index in [0.29, 0.717) is 0 Å². The van der Waals surface area contributed by atoms with Crippen molar-refractivity contribution in [2.24, 2.45) is 0 Å². The van der Waals surface area contributed by atoms with Gasteiger partial charge in [0, 0.05) is 0 Å². The summed E-state index contributed by atoms with van der Waals surface area (Å²) < 4.78 is 0. The molecule has 0 aliphatic carbocycles. The van der Waals surface area contributed by atoms with Gasteiger partial charge in [-0.1, -0.05) is 24.8 Å². The zero-order valence-corrected chi connectivity index (χ0v) is 8.01. The summed E-state index contributed by atoms with van der Waals surface area (Å²) in [5.41, 5.74) is 0.998. The van der Waals surface area contributed by atoms with Gasteiger partial charge in [-0.15, -0.1) is 0 Å². The quantitative estimate of drug-likeness (QED) is 0.761. The summed E-state index contributed by atoms with van der Waals surface area (Å²) in [7, 11) is 0. The maximum atomic E-state index is 10.9. The number of carboxylic acid groups (broad SMARTS) is 1. The molecule has 1 rings (SSSR count). The Morgan fingerprint density at radius 2 is 1.80 bits per heavy atom. The van der Waals surface area contributed by atoms with Crippen LogP contribution in [-0.2, 0) is 4.79 Å². The number of carbonyl (C=O) groups is 2. The number of benzene rings is 1. The second-order valence-electron chi connectivity index (χ2n) is 2.87. The van der Waals surface area contributed by atoms with Crippen LogP contribution in [0.25, 0.3) is 6.08 Å². The Labute approximate surface area is 87.4 Å². The van der Waals surface area contributed by atoms with Crippen LogP contribution in [0.3, 0.4) is 0 Å². The van der Waals surface area contributed by atoms with Crippen molar-refractivity contribution in [3.05, 3.63) is 54.1 Å². The number of allylic oxidation sites excluding steroid dienone is 2. The fourth-order valence-electron chi connectivity index (χ4n) is 0.983. The number of ketones is 1. The molecule has 0 atom stereocenters. The highest BCUT2D eigenvalue weighted by atomic mass is 16.4. The average Bonchev–Trinajstić information content (AvgIpc) is 2.26. The molecule has 0 aliphatic heterocycles. The molecule has 3 heteroatoms. The zero-order valence-electron chi connectivity index (χ0n) is 8.01. The van der Waals surface area contributed by atoms with Crippen LogP contribution in [0.2, 0.25) is 0 Å². The van der Waals surface area contributed by atoms with E-state index in [-0.39, 0.29) is 11.3 Å². The Morgan fingerprint density at radius 1 is 1.20 bits per heavy atom. The second-order valence-corrected chi connectivity index (χ2v) is 2.87. The van der Waals surface area contributed by atoms with Gasteiger partial charge in [-0.2, -0.15) is 0 Å². The highest BCUT2D eigenvalue weighted by Gasteiger charge is 1.99. The highest BCUT2D eigenvalue weighted by molar-refractivity contribution is 6.01. The third-order valence-electron chi connectivity index (χ3n) is 1.80. The standard InChI is InChI=1S/C12H10O3/c1-2-11(13)8-5-9-3-6-10(7-4-9)12(14)15/h2-8H,1H2,(H,14,15). The van der Waals surface area contributed by atoms with Crippen LogP contribution in [0.4, 0.5) is 0 Å². The van der Waals surface area contributed by atoms with Gasteiger partial charge in [0.2, 0.25) is 0 Å². The van der Waals surface area contributed by atoms with E-state index in [1.807, 2.05) is 0 Å². The van der Waals surface area contributed by atoms with Crippen molar-refractivity contribution in [3.8, 4) is 0 Å². The lowest BCUT2D eigenvalue weighted by molar-refractivity contribution is -0.110. The number of hydrogen-bond donors (Lipinski definition) is 1. The van der Waals surface area contributed by atoms with Crippen molar-refractivity contribution in [2.45, 2.75) is 0 Å². The highest BCUT2D eigenvalue weighted by Crippen LogP contribution is 2.06. The minimum atomic E-state index is -0.965. The van der Waals surface area contributed by atoms with Crippen LogP contribution in [0.1, 0.15) is 15.9 Å². The summed E-state index contributed by atoms with van der Waals surface area (Å²) in [6, 6.07) is 6.24. The summed E-state index contributed by atoms with van der Waals surface area (Å²) in [6.45, 7) is 3.33. The number of carbonyl (C=O) groups excluding carboxylic acids is 1. The van der Waals surface area contributed by atoms with Crippen LogP contribution in [0.5, 0.6) is 0 Å². The number of hydrogen-bond acceptors (Lipinski definition) is 2. The lowest BCUT2D eigenvalue weighted by atomic mass is 10.1. The van der Waals surface area contributed by atoms with Crippen LogP contribution in [0, 0.1) is 0 Å². The fraction of sp³-hybridized carbons (Fsp3) is 0. The Morgan fingerprint density at radius 3 is 2.27 bits per heavy atom. The molecule has 1 aromatic carbocycles. The minimum Gasteiger partial charge on any atom is -0.478 e. The summed E-state index contributed by atoms with van der Waals surface area (Å²) in [6.07, 6.45) is 4.19. The topological polar surface area (TPSA) is 54.4 Å². The van der Waals surface area contributed by atoms with Gasteiger partial charge in [-0.25, -0.2) is 4.79 Å². The van der Waals surface area contributed by atoms with E-state index in [0.717, 1.165) is 5.56 Å². The number of carboxylic acids is 1. The summed E-state index contributed by atoms with van der Waals surface area (Å²) in [5.74, 6) is -1.15. The van der Waals surface area contributed by atoms with Gasteiger partial charge in [-0.3, -0.25) is 4.79 Å². The molecule has 0 saturated carbocycles. The summed E-state index contributed by atoms with van der Waals surface area (Å²) >= 11 is 0. The third kappa shape index (κ3) is 3.23. The van der Waals surface area contributed by atoms with E-state index < -0.39 is 5.97 Å². The molecular weight excluding hydrogens is 192 g/mol. The molecule has 0 aliphatic rings. The normalized spacial score (nSPS) is 10.1. The van der Waals surface area contributed by atoms with Crippen LogP contribution < -0.4 is 0 Å². The molecule has 0 spiro atoms. The van der Waals surface area contributed by atoms with Gasteiger partial charge in [0.05, 0.1) is 5.56 Å². The first-order chi connectivity index (χ1) is 7.13. The first-order valence-electron chi connectivity index (χ1n) is 4.31. The van der Waals surface area contributed by atoms with E-state index in [9.17, 15) is 9.59 Å². The lowest BCUT2D eigenvalue weighted by Crippen LogP contribution is -1.94. The molecule has 0 radical (unpaired) electrons. The van der Waals surface area contributed by atoms with E-state index in [4.69, 9.17) is 5.11 Å². The Kier molecular flexibility index (Phi) is 3.57. The van der Waals surface area contributed by atoms with E-state index in [2.05, 4.69) is 6.58 Å². The molecule has 15 heavy (non-hydrogen) atoms. The van der Waals surface area contributed by atoms with Crippen molar-refractivity contribution < 1.29 is 14.7 Å². The molecule has 0 bridgehead atoms. The van der Waals surface area contributed by atoms with Gasteiger partial charge >= 0.3 is 5.97 Å². The first-order valence-corrected chi connectivity index (χ1v) is 4.31. The second kappa shape index (κ2) is 4.91. The molecule has 76 valence electrons. The first kappa shape index (κ1) is 10.9. The predicted molar refractivity (Wildman–Crippen MR) is 57.6 cm³/mol. The van der Waals surface area contributed by atoms with Crippen LogP contribution >= 0.6 is 0 Å². The van der Waals surface area contributed by atoms with Crippen molar-refractivity contribution >= 4 is 17.8 Å². The SMILES string of the molecule is C=CC(=O)C=Cc1ccc(C(=O)O)cc1. The average molecular weight is 202 g/mol. The minimum absolute atomic E-state index is 0.183. The summed E-state index contributed by atoms with van der Waals surface area (Å²) in [5, 5.41) is 8.65. The fourth-order valence-corrected chi connectivity index (χ4v) is 0.983. The van der Waals surface area contributed by atoms with Crippen molar-refractivity contribution in [1.29, 1.82) is 0 Å². The van der Waals surface area contributed by atoms with Crippen molar-refractivity contribution in [1.82, 2.24) is 0 Å². The number of rotatable bonds is 4. The molecule has 0 amide bonds. The van der Waals surface area contributed by atoms with Gasteiger partial charge in [0.1, 0.15) is 0 Å². The third-order valence-corrected chi connectivity index (χ3v) is 1.80. The van der Waals surface area contributed by atoms with E-state index in [1.54, 1.807) is 18.2 Å². The Bertz CT molecular complexity index is 413. The van der Waals surface area contributed by atoms with E-state index in [1.165, 1.54) is 24.3 Å². The van der Waals surface area contributed by atoms with Gasteiger partial charge < -0.3 is 5.11 Å². The largest absolute Gasteiger partial charge is 0.478 e. The maximum absolute atomic E-state index is 10.9. The Balaban J connectivity index is 2.81. The van der Waals surface area contributed by atoms with Gasteiger partial charge in [0.15, 0.2) is 5.78 Å². The molecule has 1 N–H and O–H groups in total. The lowest BCUT2D eigenvalue weighted by Gasteiger charge is -1.95. The zero-order chi connectivity index (χ0) is 11.3. The van der Waals surface area contributed by atoms with Gasteiger partial charge in [-0.05, 0) is 29.8 Å². The Hall–Kier alpha value is -2.16. The molecule has 0 aromatic heterocycles. The molecule has 0 fully saturated rings. The van der Waals surface area contributed by atoms with E-state index >= 15 is 0 Å². The van der Waals surface area contributed by atoms with Gasteiger partial charge in [0.25, 0.3) is 0 Å². The van der Waals surface area contributed by atoms with Crippen LogP contribution in [-0.4, -0.2) is 16.9 Å². The number of aromatic carboxylic acids is 1. The van der Waals surface area contributed by atoms with Crippen molar-refractivity contribution in [2.75, 3.05) is 0 Å². The van der Waals surface area contributed by atoms with Crippen LogP contribution in [0.15, 0.2) is 43.0 Å². The smallest absolute Gasteiger partial charge is 0.335 e. The molecule has 1 aromatic rings. The molecular formula is C12H10O3. The molecule has 0 heterocycles. The van der Waals surface area contributed by atoms with Crippen molar-refractivity contribution in [3.63, 3.8) is 0 Å². The molecule has 0 saturated heterocycles. The molecule has 3 nitrogen and oxygen atoms in total. The maximum Gasteiger partial charge on any atom is 0.335 e. The molecule has 0 unspecified atom stereocenters. The monoisotopic (exact) mass is 202 g/mol. The predicted octanol–water partition coefficient (Wildman–Crippen LogP) is 2.15. The summed E-state index contributed by atoms with van der Waals surface area (Å²) in [4.78, 5) is 21.4.